The van der Waals surface area contributed by atoms with E-state index in [9.17, 15) is 9.59 Å². The van der Waals surface area contributed by atoms with Crippen molar-refractivity contribution in [2.75, 3.05) is 53.5 Å². The molecule has 0 aliphatic carbocycles. The molecule has 10 heteroatoms. The molecular formula is C31H46ClN5O4. The maximum Gasteiger partial charge on any atom is 0.258 e. The van der Waals surface area contributed by atoms with E-state index in [4.69, 9.17) is 26.8 Å². The first-order valence-corrected chi connectivity index (χ1v) is 14.4. The molecule has 226 valence electrons. The number of amides is 2. The largest absolute Gasteiger partial charge is 0.493 e. The molecule has 0 aromatic heterocycles. The fourth-order valence-electron chi connectivity index (χ4n) is 4.54. The second kappa shape index (κ2) is 16.8. The van der Waals surface area contributed by atoms with Gasteiger partial charge in [-0.3, -0.25) is 14.6 Å². The lowest BCUT2D eigenvalue weighted by Crippen LogP contribution is -2.47. The number of nitrogens with zero attached hydrogens (tertiary/aromatic N) is 3. The molecule has 1 fully saturated rings. The Balaban J connectivity index is 2.04. The van der Waals surface area contributed by atoms with Gasteiger partial charge in [-0.05, 0) is 71.2 Å². The number of hydrogen-bond donors (Lipinski definition) is 2. The van der Waals surface area contributed by atoms with Gasteiger partial charge in [0.05, 0.1) is 17.3 Å². The summed E-state index contributed by atoms with van der Waals surface area (Å²) < 4.78 is 11.4. The summed E-state index contributed by atoms with van der Waals surface area (Å²) in [5, 5.41) is 3.29. The summed E-state index contributed by atoms with van der Waals surface area (Å²) in [5.41, 5.74) is 9.73. The molecule has 1 aliphatic heterocycles. The molecule has 0 bridgehead atoms. The molecule has 41 heavy (non-hydrogen) atoms. The van der Waals surface area contributed by atoms with Gasteiger partial charge in [0.25, 0.3) is 11.8 Å². The number of allylic oxidation sites excluding steroid dienone is 3. The minimum absolute atomic E-state index is 0.131. The number of nitrogens with two attached hydrogens (primary N) is 1. The van der Waals surface area contributed by atoms with Gasteiger partial charge >= 0.3 is 0 Å². The van der Waals surface area contributed by atoms with Crippen LogP contribution in [0.2, 0.25) is 5.02 Å². The lowest BCUT2D eigenvalue weighted by atomic mass is 9.95. The van der Waals surface area contributed by atoms with Gasteiger partial charge in [0.1, 0.15) is 18.1 Å². The Bertz CT molecular complexity index is 1170. The number of rotatable bonds is 14. The van der Waals surface area contributed by atoms with E-state index in [1.54, 1.807) is 25.2 Å². The lowest BCUT2D eigenvalue weighted by molar-refractivity contribution is -0.123. The molecule has 1 saturated heterocycles. The zero-order valence-electron chi connectivity index (χ0n) is 25.4. The topological polar surface area (TPSA) is 109 Å². The number of benzene rings is 1. The average Bonchev–Trinajstić information content (AvgIpc) is 2.96. The normalized spacial score (nSPS) is 16.0. The summed E-state index contributed by atoms with van der Waals surface area (Å²) in [5.74, 6) is 0.419. The van der Waals surface area contributed by atoms with E-state index in [0.29, 0.717) is 54.9 Å². The molecule has 0 spiro atoms. The smallest absolute Gasteiger partial charge is 0.258 e. The van der Waals surface area contributed by atoms with Crippen molar-refractivity contribution in [3.8, 4) is 5.75 Å². The Morgan fingerprint density at radius 2 is 2.00 bits per heavy atom. The Morgan fingerprint density at radius 3 is 2.66 bits per heavy atom. The van der Waals surface area contributed by atoms with Gasteiger partial charge in [-0.1, -0.05) is 23.8 Å². The van der Waals surface area contributed by atoms with Crippen LogP contribution < -0.4 is 15.8 Å². The van der Waals surface area contributed by atoms with Crippen LogP contribution in [-0.2, 0) is 9.53 Å². The molecule has 1 unspecified atom stereocenters. The highest BCUT2D eigenvalue weighted by Gasteiger charge is 2.31. The molecule has 3 N–H and O–H groups in total. The average molecular weight is 588 g/mol. The van der Waals surface area contributed by atoms with E-state index in [1.165, 1.54) is 0 Å². The highest BCUT2D eigenvalue weighted by molar-refractivity contribution is 6.31. The third-order valence-corrected chi connectivity index (χ3v) is 7.26. The number of ether oxygens (including phenoxy) is 2. The van der Waals surface area contributed by atoms with E-state index in [0.717, 1.165) is 41.8 Å². The van der Waals surface area contributed by atoms with Crippen molar-refractivity contribution >= 4 is 29.1 Å². The van der Waals surface area contributed by atoms with Crippen LogP contribution in [0.3, 0.4) is 0 Å². The summed E-state index contributed by atoms with van der Waals surface area (Å²) in [4.78, 5) is 34.7. The van der Waals surface area contributed by atoms with E-state index in [-0.39, 0.29) is 24.5 Å². The van der Waals surface area contributed by atoms with Gasteiger partial charge < -0.3 is 30.3 Å². The fourth-order valence-corrected chi connectivity index (χ4v) is 4.71. The predicted octanol–water partition coefficient (Wildman–Crippen LogP) is 4.58. The zero-order chi connectivity index (χ0) is 30.5. The number of likely N-dealkylation sites (N-methyl/N-ethyl adjacent to an activating group) is 1. The number of hydrogen-bond acceptors (Lipinski definition) is 7. The maximum absolute atomic E-state index is 13.8. The lowest BCUT2D eigenvalue weighted by Gasteiger charge is -2.36. The zero-order valence-corrected chi connectivity index (χ0v) is 26.1. The molecule has 0 radical (unpaired) electrons. The van der Waals surface area contributed by atoms with Crippen LogP contribution in [0.25, 0.3) is 0 Å². The number of aliphatic imine (C=N–C) groups is 1. The number of piperidine rings is 1. The minimum Gasteiger partial charge on any atom is -0.493 e. The highest BCUT2D eigenvalue weighted by Crippen LogP contribution is 2.28. The van der Waals surface area contributed by atoms with Crippen LogP contribution in [0.5, 0.6) is 5.75 Å². The standard InChI is InChI=1S/C31H46ClN5O4/c1-21(2)18-27(34-6)28-10-8-9-15-37(28)31(39)26-19-25(32)11-12-29(26)41-20-30(38)35-14-16-36(7)23(4)22(3)24(5)40-17-13-33/h11-12,18-19,28H,5,8-10,13-17,20,33H2,1-4,6-7H3,(H,35,38)/b23-22+,34-27?. The molecule has 9 nitrogen and oxygen atoms in total. The quantitative estimate of drug-likeness (QED) is 0.187. The number of carbonyl (C=O) groups is 2. The van der Waals surface area contributed by atoms with Crippen LogP contribution in [0.1, 0.15) is 57.3 Å². The molecule has 0 saturated carbocycles. The van der Waals surface area contributed by atoms with Gasteiger partial charge in [-0.25, -0.2) is 0 Å². The molecule has 2 rings (SSSR count). The number of nitrogens with one attached hydrogen (secondary N) is 1. The van der Waals surface area contributed by atoms with Crippen molar-refractivity contribution in [2.45, 2.75) is 53.0 Å². The third-order valence-electron chi connectivity index (χ3n) is 7.03. The molecule has 2 amide bonds. The van der Waals surface area contributed by atoms with Crippen LogP contribution in [0.15, 0.2) is 58.4 Å². The third kappa shape index (κ3) is 10.2. The van der Waals surface area contributed by atoms with Crippen LogP contribution in [0.4, 0.5) is 0 Å². The summed E-state index contributed by atoms with van der Waals surface area (Å²) in [6, 6.07) is 4.76. The Kier molecular flexibility index (Phi) is 13.9. The van der Waals surface area contributed by atoms with Crippen molar-refractivity contribution in [2.24, 2.45) is 10.7 Å². The molecule has 1 heterocycles. The summed E-state index contributed by atoms with van der Waals surface area (Å²) in [6.07, 6.45) is 4.78. The summed E-state index contributed by atoms with van der Waals surface area (Å²) >= 11 is 6.28. The molecule has 1 aliphatic rings. The molecule has 1 aromatic rings. The first-order chi connectivity index (χ1) is 19.5. The fraction of sp³-hybridized carbons (Fsp3) is 0.516. The van der Waals surface area contributed by atoms with Gasteiger partial charge in [0, 0.05) is 56.6 Å². The van der Waals surface area contributed by atoms with Crippen molar-refractivity contribution in [3.63, 3.8) is 0 Å². The summed E-state index contributed by atoms with van der Waals surface area (Å²) in [6.45, 7) is 14.1. The van der Waals surface area contributed by atoms with E-state index >= 15 is 0 Å². The number of halogens is 1. The number of likely N-dealkylation sites (tertiary alicyclic amines) is 1. The van der Waals surface area contributed by atoms with Gasteiger partial charge in [-0.15, -0.1) is 0 Å². The Labute approximate surface area is 250 Å². The molecule has 1 atom stereocenters. The van der Waals surface area contributed by atoms with Crippen molar-refractivity contribution in [1.82, 2.24) is 15.1 Å². The highest BCUT2D eigenvalue weighted by atomic mass is 35.5. The molecule has 1 aromatic carbocycles. The second-order valence-corrected chi connectivity index (χ2v) is 10.8. The number of carbonyl (C=O) groups excluding carboxylic acids is 2. The van der Waals surface area contributed by atoms with E-state index in [1.807, 2.05) is 50.6 Å². The monoisotopic (exact) mass is 587 g/mol. The Morgan fingerprint density at radius 1 is 1.27 bits per heavy atom. The van der Waals surface area contributed by atoms with Crippen LogP contribution in [-0.4, -0.2) is 86.9 Å². The maximum atomic E-state index is 13.8. The van der Waals surface area contributed by atoms with Crippen molar-refractivity contribution < 1.29 is 19.1 Å². The van der Waals surface area contributed by atoms with Crippen LogP contribution >= 0.6 is 11.6 Å². The first kappa shape index (κ1) is 33.9. The van der Waals surface area contributed by atoms with Gasteiger partial charge in [0.2, 0.25) is 0 Å². The summed E-state index contributed by atoms with van der Waals surface area (Å²) in [7, 11) is 3.69. The SMILES string of the molecule is C=C(OCCN)/C(C)=C(\C)N(C)CCNC(=O)COc1ccc(Cl)cc1C(=O)N1CCCCC1C(C=C(C)C)=NC. The van der Waals surface area contributed by atoms with Gasteiger partial charge in [0.15, 0.2) is 6.61 Å². The molecular weight excluding hydrogens is 542 g/mol. The predicted molar refractivity (Wildman–Crippen MR) is 167 cm³/mol. The van der Waals surface area contributed by atoms with Crippen molar-refractivity contribution in [3.05, 3.63) is 64.0 Å². The Hall–Kier alpha value is -3.30. The van der Waals surface area contributed by atoms with Crippen molar-refractivity contribution in [1.29, 1.82) is 0 Å². The van der Waals surface area contributed by atoms with Gasteiger partial charge in [-0.2, -0.15) is 0 Å². The van der Waals surface area contributed by atoms with E-state index < -0.39 is 0 Å². The minimum atomic E-state index is -0.291. The first-order valence-electron chi connectivity index (χ1n) is 14.0. The van der Waals surface area contributed by atoms with Crippen LogP contribution in [0, 0.1) is 0 Å². The van der Waals surface area contributed by atoms with E-state index in [2.05, 4.69) is 16.9 Å². The second-order valence-electron chi connectivity index (χ2n) is 10.4.